The quantitative estimate of drug-likeness (QED) is 0.0746. The lowest BCUT2D eigenvalue weighted by atomic mass is 9.76. The molecule has 1 aromatic heterocycles. The first kappa shape index (κ1) is 86.7. The summed E-state index contributed by atoms with van der Waals surface area (Å²) in [5.41, 5.74) is -4.45. The number of benzene rings is 2. The number of carbonyl (C=O) groups excluding carboxylic acids is 9. The summed E-state index contributed by atoms with van der Waals surface area (Å²) in [5, 5.41) is 11.6. The van der Waals surface area contributed by atoms with Crippen LogP contribution in [0.1, 0.15) is 183 Å². The van der Waals surface area contributed by atoms with Crippen LogP contribution in [0.25, 0.3) is 0 Å². The molecular formula is C80H116N4O21. The highest BCUT2D eigenvalue weighted by atomic mass is 16.7. The number of methoxy groups -OCH3 is 2. The molecule has 22 atom stereocenters. The lowest BCUT2D eigenvalue weighted by molar-refractivity contribution is -0.294. The summed E-state index contributed by atoms with van der Waals surface area (Å²) in [6.07, 6.45) is -0.531. The van der Waals surface area contributed by atoms with Crippen LogP contribution in [0.2, 0.25) is 0 Å². The summed E-state index contributed by atoms with van der Waals surface area (Å²) >= 11 is 0. The van der Waals surface area contributed by atoms with Gasteiger partial charge >= 0.3 is 30.0 Å². The number of ketones is 4. The molecule has 0 amide bonds. The molecular weight excluding hydrogens is 1350 g/mol. The zero-order valence-corrected chi connectivity index (χ0v) is 65.6. The lowest BCUT2D eigenvalue weighted by Crippen LogP contribution is -2.60. The van der Waals surface area contributed by atoms with Gasteiger partial charge in [-0.25, -0.2) is 23.9 Å². The van der Waals surface area contributed by atoms with E-state index in [1.165, 1.54) is 52.9 Å². The number of aliphatic hydroxyl groups is 1. The van der Waals surface area contributed by atoms with Crippen molar-refractivity contribution in [1.82, 2.24) is 19.4 Å². The third-order valence-electron chi connectivity index (χ3n) is 21.6. The molecule has 0 radical (unpaired) electrons. The molecule has 4 aliphatic heterocycles. The first-order chi connectivity index (χ1) is 49.3. The van der Waals surface area contributed by atoms with Crippen molar-refractivity contribution in [2.75, 3.05) is 42.4 Å². The van der Waals surface area contributed by atoms with Gasteiger partial charge in [0.2, 0.25) is 0 Å². The van der Waals surface area contributed by atoms with Gasteiger partial charge in [-0.3, -0.25) is 28.8 Å². The van der Waals surface area contributed by atoms with Gasteiger partial charge in [-0.1, -0.05) is 91.8 Å². The molecule has 5 heterocycles. The van der Waals surface area contributed by atoms with Crippen molar-refractivity contribution in [3.05, 3.63) is 114 Å². The van der Waals surface area contributed by atoms with Crippen LogP contribution in [0.15, 0.2) is 103 Å². The number of esters is 4. The topological polar surface area (TPSA) is 300 Å². The zero-order chi connectivity index (χ0) is 78.4. The van der Waals surface area contributed by atoms with Gasteiger partial charge in [0.1, 0.15) is 36.0 Å². The van der Waals surface area contributed by atoms with Crippen molar-refractivity contribution in [3.8, 4) is 0 Å². The number of Topliss-reactive ketones (excluding diaryl/α,β-unsaturated/α-hetero) is 4. The molecule has 0 spiro atoms. The summed E-state index contributed by atoms with van der Waals surface area (Å²) in [7, 11) is 10.5. The van der Waals surface area contributed by atoms with Gasteiger partial charge in [0.05, 0.1) is 58.8 Å². The number of ether oxygens (including phenoxy) is 11. The predicted octanol–water partition coefficient (Wildman–Crippen LogP) is 10.7. The van der Waals surface area contributed by atoms with Crippen LogP contribution in [-0.2, 0) is 80.9 Å². The van der Waals surface area contributed by atoms with Gasteiger partial charge in [0.25, 0.3) is 0 Å². The Kier molecular flexibility index (Phi) is 31.0. The fraction of sp³-hybridized carbons (Fsp3) is 0.650. The highest BCUT2D eigenvalue weighted by Gasteiger charge is 2.54. The van der Waals surface area contributed by atoms with Gasteiger partial charge in [-0.2, -0.15) is 0 Å². The summed E-state index contributed by atoms with van der Waals surface area (Å²) in [6.45, 7) is 27.4. The minimum atomic E-state index is -1.61. The van der Waals surface area contributed by atoms with Crippen molar-refractivity contribution in [3.63, 3.8) is 0 Å². The molecule has 3 aromatic rings. The third-order valence-corrected chi connectivity index (χ3v) is 21.6. The Morgan fingerprint density at radius 1 is 0.590 bits per heavy atom. The van der Waals surface area contributed by atoms with E-state index in [1.54, 1.807) is 150 Å². The van der Waals surface area contributed by atoms with E-state index in [0.717, 1.165) is 4.57 Å². The van der Waals surface area contributed by atoms with Crippen molar-refractivity contribution in [1.29, 1.82) is 0 Å². The highest BCUT2D eigenvalue weighted by molar-refractivity contribution is 6.01. The molecule has 2 aromatic carbocycles. The van der Waals surface area contributed by atoms with Gasteiger partial charge in [-0.05, 0) is 183 Å². The second-order valence-electron chi connectivity index (χ2n) is 29.9. The molecule has 0 saturated carbocycles. The van der Waals surface area contributed by atoms with E-state index >= 15 is 0 Å². The first-order valence-electron chi connectivity index (χ1n) is 36.8. The van der Waals surface area contributed by atoms with Crippen molar-refractivity contribution in [2.45, 2.75) is 258 Å². The van der Waals surface area contributed by atoms with Crippen molar-refractivity contribution >= 4 is 53.1 Å². The monoisotopic (exact) mass is 1470 g/mol. The largest absolute Gasteiger partial charge is 0.458 e. The summed E-state index contributed by atoms with van der Waals surface area (Å²) in [4.78, 5) is 132. The fourth-order valence-corrected chi connectivity index (χ4v) is 15.1. The summed E-state index contributed by atoms with van der Waals surface area (Å²) in [6, 6.07) is 16.6. The second-order valence-corrected chi connectivity index (χ2v) is 29.9. The van der Waals surface area contributed by atoms with Crippen LogP contribution < -0.4 is 0 Å². The molecule has 105 heavy (non-hydrogen) atoms. The van der Waals surface area contributed by atoms with E-state index < -0.39 is 149 Å². The summed E-state index contributed by atoms with van der Waals surface area (Å²) < 4.78 is 70.0. The molecule has 2 fully saturated rings. The summed E-state index contributed by atoms with van der Waals surface area (Å²) in [5.74, 6) is -10.0. The van der Waals surface area contributed by atoms with Crippen LogP contribution in [0.4, 0.5) is 4.79 Å². The zero-order valence-electron chi connectivity index (χ0n) is 65.6. The van der Waals surface area contributed by atoms with E-state index in [2.05, 4.69) is 4.98 Å². The number of likely N-dealkylation sites (N-methyl/N-ethyl adjacent to an activating group) is 2. The lowest BCUT2D eigenvalue weighted by Gasteiger charge is -2.47. The normalized spacial score (nSPS) is 36.1. The molecule has 1 N–H and O–H groups in total. The number of imidazole rings is 1. The number of cyclic esters (lactones) is 2. The highest BCUT2D eigenvalue weighted by Crippen LogP contribution is 2.42. The maximum absolute atomic E-state index is 14.5. The Morgan fingerprint density at radius 2 is 0.990 bits per heavy atom. The van der Waals surface area contributed by atoms with Crippen LogP contribution >= 0.6 is 0 Å². The second kappa shape index (κ2) is 37.6. The van der Waals surface area contributed by atoms with E-state index in [9.17, 15) is 48.3 Å². The molecule has 25 heteroatoms. The van der Waals surface area contributed by atoms with Gasteiger partial charge < -0.3 is 67.0 Å². The smallest absolute Gasteiger partial charge is 0.420 e. The SMILES string of the molecule is CC[C@H]1OC(=O)[C@H](C)C(=O)[C@H](C)[C@@H](OC2O[C@H](C)C[C@H](N(C)C)[C@H]2OC(=O)c2ccccc2)[C@@](C)(OC)C[C@@H](C)C(=O)/C(C)=C/[C@@]1(O)CC.CC[C@H]1OC(=O)[C@H](C)C(=O)[C@H](C)[C@@H](OC2O[C@H](C)C[C@H](N(C)C)[C@H]2OC(=O)c2ccccc2)[C@@](C)(OC)C[C@@H](C)C(=O)/C(C)=C/[C@]1(CC)OC(=O)n1ccnc1. The number of carbonyl (C=O) groups is 9. The average Bonchev–Trinajstić information content (AvgIpc) is 0.857. The Labute approximate surface area is 620 Å². The van der Waals surface area contributed by atoms with Crippen LogP contribution in [-0.4, -0.2) is 216 Å². The van der Waals surface area contributed by atoms with Crippen LogP contribution in [0.3, 0.4) is 0 Å². The van der Waals surface area contributed by atoms with E-state index in [-0.39, 0.29) is 80.0 Å². The molecule has 4 aliphatic rings. The number of nitrogens with zero attached hydrogens (tertiary/aromatic N) is 4. The number of rotatable bonds is 17. The number of allylic oxidation sites excluding steroid dienone is 2. The molecule has 7 rings (SSSR count). The first-order valence-corrected chi connectivity index (χ1v) is 36.8. The van der Waals surface area contributed by atoms with E-state index in [4.69, 9.17) is 52.1 Å². The molecule has 2 saturated heterocycles. The minimum Gasteiger partial charge on any atom is -0.458 e. The molecule has 0 bridgehead atoms. The standard InChI is InChI=1S/C42H59N3O11.C38H57NO10/c1-12-32-42(13-2,56-40(50)45-20-19-43-24-45)23-26(4)33(46)25(3)22-41(8,51-11)36(28(6)34(47)29(7)37(48)53-32)55-39-35(31(44(9)10)21-27(5)52-39)54-38(49)30-17-15-14-16-18-30;1-12-29-38(44,13-2)21-23(4)30(40)22(3)20-37(8,45-11)33(25(6)31(41)26(7)34(42)47-29)49-36-32(28(39(9)10)19-24(5)46-36)48-35(43)27-17-15-14-16-18-27/h14-20,23-25,27-29,31-32,35-36,39H,12-13,21-22H2,1-11H3;14-18,21-22,24-26,28-29,32-33,36,44H,12-13,19-20H2,1-11H3/b26-23+;23-21+/t25-,27-,28+,29-,31+,32-,35-,36-,39?,41+,42+;22-,24-,25+,26-,28+,29-,32-,33-,36?,37+,38+/m11/s1. The Balaban J connectivity index is 0.000000332. The van der Waals surface area contributed by atoms with Crippen molar-refractivity contribution < 1.29 is 100 Å². The van der Waals surface area contributed by atoms with E-state index in [1.807, 2.05) is 51.8 Å². The fourth-order valence-electron chi connectivity index (χ4n) is 15.1. The Bertz CT molecular complexity index is 3510. The van der Waals surface area contributed by atoms with Gasteiger partial charge in [0, 0.05) is 50.3 Å². The van der Waals surface area contributed by atoms with Crippen LogP contribution in [0.5, 0.6) is 0 Å². The van der Waals surface area contributed by atoms with Gasteiger partial charge in [-0.15, -0.1) is 0 Å². The number of hydrogen-bond donors (Lipinski definition) is 1. The van der Waals surface area contributed by atoms with Crippen molar-refractivity contribution in [2.24, 2.45) is 35.5 Å². The Hall–Kier alpha value is -7.20. The van der Waals surface area contributed by atoms with Crippen LogP contribution in [0, 0.1) is 35.5 Å². The minimum absolute atomic E-state index is 0.0770. The number of aromatic nitrogens is 2. The maximum atomic E-state index is 14.5. The Morgan fingerprint density at radius 3 is 1.34 bits per heavy atom. The third kappa shape index (κ3) is 20.7. The maximum Gasteiger partial charge on any atom is 0.420 e. The number of hydrogen-bond acceptors (Lipinski definition) is 24. The molecule has 0 aliphatic carbocycles. The molecule has 582 valence electrons. The average molecular weight is 1470 g/mol. The van der Waals surface area contributed by atoms with E-state index in [0.29, 0.717) is 29.5 Å². The molecule has 25 nitrogen and oxygen atoms in total. The predicted molar refractivity (Wildman–Crippen MR) is 389 cm³/mol. The molecule has 2 unspecified atom stereocenters. The van der Waals surface area contributed by atoms with Gasteiger partial charge in [0.15, 0.2) is 53.5 Å².